The highest BCUT2D eigenvalue weighted by molar-refractivity contribution is 7.99. The van der Waals surface area contributed by atoms with Gasteiger partial charge in [-0.3, -0.25) is 19.8 Å². The zero-order chi connectivity index (χ0) is 40.1. The van der Waals surface area contributed by atoms with Gasteiger partial charge in [-0.25, -0.2) is 18.1 Å². The Kier molecular flexibility index (Phi) is 12.5. The molecule has 0 saturated carbocycles. The first-order chi connectivity index (χ1) is 27.4. The number of rotatable bonds is 15. The third-order valence-corrected chi connectivity index (χ3v) is 13.0. The predicted molar refractivity (Wildman–Crippen MR) is 227 cm³/mol. The van der Waals surface area contributed by atoms with Crippen LogP contribution in [0.25, 0.3) is 11.1 Å². The number of nitro groups is 1. The number of nitrogens with zero attached hydrogens (tertiary/aromatic N) is 5. The van der Waals surface area contributed by atoms with Gasteiger partial charge in [0.15, 0.2) is 0 Å². The Balaban J connectivity index is 1.01. The first-order valence-corrected chi connectivity index (χ1v) is 21.5. The van der Waals surface area contributed by atoms with Crippen molar-refractivity contribution >= 4 is 56.5 Å². The first-order valence-electron chi connectivity index (χ1n) is 18.7. The Morgan fingerprint density at radius 1 is 1.02 bits per heavy atom. The van der Waals surface area contributed by atoms with Gasteiger partial charge in [0.1, 0.15) is 11.5 Å². The largest absolute Gasteiger partial charge is 0.376 e. The number of amides is 1. The van der Waals surface area contributed by atoms with Gasteiger partial charge in [0.05, 0.1) is 15.4 Å². The van der Waals surface area contributed by atoms with Crippen LogP contribution in [0.2, 0.25) is 5.02 Å². The van der Waals surface area contributed by atoms with Crippen LogP contribution in [0.4, 0.5) is 17.2 Å². The average molecular weight is 826 g/mol. The molecule has 0 aliphatic carbocycles. The summed E-state index contributed by atoms with van der Waals surface area (Å²) in [5.74, 6) is 0.573. The summed E-state index contributed by atoms with van der Waals surface area (Å²) in [6, 6.07) is 31.5. The van der Waals surface area contributed by atoms with Crippen LogP contribution in [0.1, 0.15) is 27.9 Å². The lowest BCUT2D eigenvalue weighted by molar-refractivity contribution is -0.384. The van der Waals surface area contributed by atoms with Crippen molar-refractivity contribution in [2.75, 3.05) is 56.2 Å². The molecule has 1 amide bonds. The molecule has 57 heavy (non-hydrogen) atoms. The van der Waals surface area contributed by atoms with Gasteiger partial charge in [-0.15, -0.1) is 11.8 Å². The number of anilines is 2. The topological polar surface area (TPSA) is 141 Å². The monoisotopic (exact) mass is 825 g/mol. The van der Waals surface area contributed by atoms with E-state index in [0.29, 0.717) is 23.6 Å². The van der Waals surface area contributed by atoms with Gasteiger partial charge < -0.3 is 15.1 Å². The zero-order valence-corrected chi connectivity index (χ0v) is 34.1. The number of fused-ring (bicyclic) bond motifs is 3. The van der Waals surface area contributed by atoms with Gasteiger partial charge in [-0.2, -0.15) is 0 Å². The summed E-state index contributed by atoms with van der Waals surface area (Å²) in [5.41, 5.74) is 4.26. The summed E-state index contributed by atoms with van der Waals surface area (Å²) in [7, 11) is -0.551. The predicted octanol–water partition coefficient (Wildman–Crippen LogP) is 7.20. The van der Waals surface area contributed by atoms with Crippen LogP contribution >= 0.6 is 23.4 Å². The summed E-state index contributed by atoms with van der Waals surface area (Å²) in [4.78, 5) is 37.0. The Hall–Kier alpha value is -4.99. The number of carbonyl (C=O) groups excluding carboxylic acids is 1. The molecule has 296 valence electrons. The second kappa shape index (κ2) is 17.7. The summed E-state index contributed by atoms with van der Waals surface area (Å²) in [6.07, 6.45) is 2.74. The third-order valence-electron chi connectivity index (χ3n) is 10.2. The summed E-state index contributed by atoms with van der Waals surface area (Å²) in [5, 5.41) is 16.2. The van der Waals surface area contributed by atoms with E-state index in [-0.39, 0.29) is 28.2 Å². The van der Waals surface area contributed by atoms with Gasteiger partial charge in [-0.1, -0.05) is 66.2 Å². The first kappa shape index (κ1) is 40.2. The van der Waals surface area contributed by atoms with Crippen molar-refractivity contribution in [2.45, 2.75) is 41.3 Å². The standard InChI is InChI=1S/C42H44ClN7O5S2/c1-47(2)19-18-34(28-56-36-9-4-3-5-10-36)45-39-17-16-37(24-40(39)50(52)53)57(54,55)46-42(51)32-22-31-23-35-27-48(20-21-49(35)41(31)44-25-32)26-30-8-6-7-11-38(30)29-12-14-33(43)15-13-29/h3-17,22,24-25,34-35,45H,18-21,23,26-28H2,1-2H3,(H,46,51)/t34-,35?/m1/s1. The minimum Gasteiger partial charge on any atom is -0.376 e. The highest BCUT2D eigenvalue weighted by Crippen LogP contribution is 2.35. The van der Waals surface area contributed by atoms with Crippen LogP contribution in [-0.2, 0) is 23.0 Å². The molecule has 2 N–H and O–H groups in total. The number of nitrogens with one attached hydrogen (secondary N) is 2. The van der Waals surface area contributed by atoms with Gasteiger partial charge in [0.25, 0.3) is 21.6 Å². The number of piperazine rings is 1. The minimum absolute atomic E-state index is 0.0957. The minimum atomic E-state index is -4.47. The number of pyridine rings is 1. The van der Waals surface area contributed by atoms with Crippen LogP contribution in [0.3, 0.4) is 0 Å². The van der Waals surface area contributed by atoms with E-state index in [4.69, 9.17) is 11.6 Å². The number of hydrogen-bond acceptors (Lipinski definition) is 11. The van der Waals surface area contributed by atoms with E-state index in [1.807, 2.05) is 79.7 Å². The fraction of sp³-hybridized carbons (Fsp3) is 0.286. The number of hydrogen-bond donors (Lipinski definition) is 2. The maximum atomic E-state index is 13.5. The molecule has 0 radical (unpaired) electrons. The SMILES string of the molecule is CN(C)CC[C@H](CSc1ccccc1)Nc1ccc(S(=O)(=O)NC(=O)c2cnc3c(c2)CC2CN(Cc4ccccc4-c4ccc(Cl)cc4)CCN32)cc1[N+](=O)[O-]. The molecule has 0 bridgehead atoms. The fourth-order valence-corrected chi connectivity index (χ4v) is 9.47. The Labute approximate surface area is 342 Å². The molecule has 15 heteroatoms. The zero-order valence-electron chi connectivity index (χ0n) is 31.7. The van der Waals surface area contributed by atoms with Crippen molar-refractivity contribution in [2.24, 2.45) is 0 Å². The molecular formula is C42H44ClN7O5S2. The molecule has 0 spiro atoms. The van der Waals surface area contributed by atoms with E-state index in [0.717, 1.165) is 60.6 Å². The number of nitro benzene ring substituents is 1. The molecular weight excluding hydrogens is 782 g/mol. The quantitative estimate of drug-likeness (QED) is 0.0629. The van der Waals surface area contributed by atoms with Crippen molar-refractivity contribution in [3.63, 3.8) is 0 Å². The smallest absolute Gasteiger partial charge is 0.293 e. The van der Waals surface area contributed by atoms with E-state index < -0.39 is 26.5 Å². The second-order valence-corrected chi connectivity index (χ2v) is 17.8. The second-order valence-electron chi connectivity index (χ2n) is 14.6. The molecule has 2 atom stereocenters. The molecule has 1 saturated heterocycles. The van der Waals surface area contributed by atoms with Gasteiger partial charge in [-0.05, 0) is 98.2 Å². The molecule has 2 aliphatic rings. The summed E-state index contributed by atoms with van der Waals surface area (Å²) >= 11 is 7.77. The maximum Gasteiger partial charge on any atom is 0.293 e. The van der Waals surface area contributed by atoms with Crippen molar-refractivity contribution < 1.29 is 18.1 Å². The van der Waals surface area contributed by atoms with Crippen molar-refractivity contribution in [1.29, 1.82) is 0 Å². The Morgan fingerprint density at radius 2 is 1.77 bits per heavy atom. The molecule has 12 nitrogen and oxygen atoms in total. The normalized spacial score (nSPS) is 15.9. The van der Waals surface area contributed by atoms with E-state index in [1.165, 1.54) is 29.5 Å². The summed E-state index contributed by atoms with van der Waals surface area (Å²) in [6.45, 7) is 3.91. The lowest BCUT2D eigenvalue weighted by atomic mass is 9.99. The molecule has 1 aromatic heterocycles. The lowest BCUT2D eigenvalue weighted by Gasteiger charge is -2.38. The highest BCUT2D eigenvalue weighted by Gasteiger charge is 2.36. The highest BCUT2D eigenvalue weighted by atomic mass is 35.5. The van der Waals surface area contributed by atoms with Crippen LogP contribution in [-0.4, -0.2) is 92.1 Å². The van der Waals surface area contributed by atoms with Gasteiger partial charge >= 0.3 is 0 Å². The third kappa shape index (κ3) is 9.77. The maximum absolute atomic E-state index is 13.5. The molecule has 1 unspecified atom stereocenters. The molecule has 1 fully saturated rings. The van der Waals surface area contributed by atoms with Gasteiger partial charge in [0, 0.05) is 66.2 Å². The molecule has 2 aliphatic heterocycles. The van der Waals surface area contributed by atoms with Gasteiger partial charge in [0.2, 0.25) is 0 Å². The van der Waals surface area contributed by atoms with Crippen LogP contribution in [0.5, 0.6) is 0 Å². The van der Waals surface area contributed by atoms with Crippen LogP contribution in [0, 0.1) is 10.1 Å². The van der Waals surface area contributed by atoms with E-state index >= 15 is 0 Å². The summed E-state index contributed by atoms with van der Waals surface area (Å²) < 4.78 is 29.1. The molecule has 5 aromatic rings. The Morgan fingerprint density at radius 3 is 2.53 bits per heavy atom. The number of sulfonamides is 1. The van der Waals surface area contributed by atoms with Crippen molar-refractivity contribution in [3.05, 3.63) is 141 Å². The fourth-order valence-electron chi connectivity index (χ4n) is 7.35. The number of benzene rings is 4. The Bertz CT molecular complexity index is 2350. The van der Waals surface area contributed by atoms with E-state index in [1.54, 1.807) is 17.8 Å². The number of thioether (sulfide) groups is 1. The van der Waals surface area contributed by atoms with Crippen LogP contribution in [0.15, 0.2) is 119 Å². The average Bonchev–Trinajstić information content (AvgIpc) is 3.56. The van der Waals surface area contributed by atoms with Crippen molar-refractivity contribution in [1.82, 2.24) is 19.5 Å². The van der Waals surface area contributed by atoms with Crippen LogP contribution < -0.4 is 14.9 Å². The molecule has 7 rings (SSSR count). The van der Waals surface area contributed by atoms with E-state index in [9.17, 15) is 23.3 Å². The van der Waals surface area contributed by atoms with Crippen molar-refractivity contribution in [3.8, 4) is 11.1 Å². The number of aromatic nitrogens is 1. The number of halogens is 1. The molecule has 3 heterocycles. The lowest BCUT2D eigenvalue weighted by Crippen LogP contribution is -2.51. The molecule has 4 aromatic carbocycles. The number of carbonyl (C=O) groups is 1. The van der Waals surface area contributed by atoms with E-state index in [2.05, 4.69) is 43.0 Å².